The summed E-state index contributed by atoms with van der Waals surface area (Å²) in [6.07, 6.45) is 0. The van der Waals surface area contributed by atoms with E-state index in [0.717, 1.165) is 31.9 Å². The van der Waals surface area contributed by atoms with Gasteiger partial charge in [0.2, 0.25) is 0 Å². The largest absolute Gasteiger partial charge is 0.508 e. The van der Waals surface area contributed by atoms with Gasteiger partial charge in [-0.3, -0.25) is 14.9 Å². The van der Waals surface area contributed by atoms with Crippen LogP contribution < -0.4 is 15.1 Å². The van der Waals surface area contributed by atoms with E-state index in [1.807, 2.05) is 19.1 Å². The van der Waals surface area contributed by atoms with Gasteiger partial charge in [-0.1, -0.05) is 0 Å². The van der Waals surface area contributed by atoms with E-state index in [-0.39, 0.29) is 23.4 Å². The van der Waals surface area contributed by atoms with E-state index in [1.54, 1.807) is 24.3 Å². The first-order valence-electron chi connectivity index (χ1n) is 8.88. The van der Waals surface area contributed by atoms with Crippen LogP contribution in [0.2, 0.25) is 0 Å². The van der Waals surface area contributed by atoms with Gasteiger partial charge in [0.15, 0.2) is 6.04 Å². The molecule has 8 nitrogen and oxygen atoms in total. The van der Waals surface area contributed by atoms with E-state index < -0.39 is 4.92 Å². The molecule has 0 aliphatic carbocycles. The lowest BCUT2D eigenvalue weighted by molar-refractivity contribution is -0.914. The summed E-state index contributed by atoms with van der Waals surface area (Å²) >= 11 is 0. The molecule has 0 bridgehead atoms. The van der Waals surface area contributed by atoms with Crippen LogP contribution in [0.15, 0.2) is 48.5 Å². The summed E-state index contributed by atoms with van der Waals surface area (Å²) in [6.45, 7) is 5.21. The number of carbonyl (C=O) groups excluding carboxylic acids is 1. The van der Waals surface area contributed by atoms with E-state index in [4.69, 9.17) is 0 Å². The first-order valence-corrected chi connectivity index (χ1v) is 8.88. The van der Waals surface area contributed by atoms with Crippen LogP contribution in [0.3, 0.4) is 0 Å². The van der Waals surface area contributed by atoms with E-state index in [1.165, 1.54) is 17.0 Å². The highest BCUT2D eigenvalue weighted by Gasteiger charge is 2.29. The van der Waals surface area contributed by atoms with Crippen molar-refractivity contribution in [2.24, 2.45) is 0 Å². The van der Waals surface area contributed by atoms with Crippen LogP contribution in [0.1, 0.15) is 6.92 Å². The molecule has 1 saturated heterocycles. The maximum atomic E-state index is 12.5. The molecular formula is C19H23N4O4+. The number of hydrogen-bond donors (Lipinski definition) is 3. The number of non-ortho nitro benzene ring substituents is 1. The second-order valence-electron chi connectivity index (χ2n) is 6.68. The number of piperazine rings is 1. The minimum absolute atomic E-state index is 0.00275. The number of nitro groups is 1. The summed E-state index contributed by atoms with van der Waals surface area (Å²) in [5.74, 6) is 0.150. The first kappa shape index (κ1) is 18.7. The summed E-state index contributed by atoms with van der Waals surface area (Å²) in [6, 6.07) is 12.8. The number of phenols is 1. The molecule has 27 heavy (non-hydrogen) atoms. The third-order valence-corrected chi connectivity index (χ3v) is 4.97. The predicted molar refractivity (Wildman–Crippen MR) is 102 cm³/mol. The first-order chi connectivity index (χ1) is 12.9. The molecule has 2 aromatic rings. The van der Waals surface area contributed by atoms with E-state index >= 15 is 0 Å². The Morgan fingerprint density at radius 3 is 2.30 bits per heavy atom. The van der Waals surface area contributed by atoms with Gasteiger partial charge in [0, 0.05) is 23.5 Å². The quantitative estimate of drug-likeness (QED) is 0.539. The van der Waals surface area contributed by atoms with Crippen LogP contribution in [0.25, 0.3) is 0 Å². The lowest BCUT2D eigenvalue weighted by atomic mass is 10.2. The molecule has 0 saturated carbocycles. The third-order valence-electron chi connectivity index (χ3n) is 4.97. The molecule has 1 aliphatic heterocycles. The van der Waals surface area contributed by atoms with Crippen molar-refractivity contribution in [2.75, 3.05) is 36.4 Å². The Hall–Kier alpha value is -3.13. The second kappa shape index (κ2) is 8.05. The number of carbonyl (C=O) groups is 1. The van der Waals surface area contributed by atoms with Crippen LogP contribution in [0.4, 0.5) is 17.1 Å². The van der Waals surface area contributed by atoms with Crippen LogP contribution in [0, 0.1) is 10.1 Å². The Morgan fingerprint density at radius 1 is 1.15 bits per heavy atom. The van der Waals surface area contributed by atoms with Crippen molar-refractivity contribution in [1.29, 1.82) is 0 Å². The van der Waals surface area contributed by atoms with Gasteiger partial charge in [-0.05, 0) is 43.3 Å². The van der Waals surface area contributed by atoms with Crippen molar-refractivity contribution in [3.05, 3.63) is 58.6 Å². The predicted octanol–water partition coefficient (Wildman–Crippen LogP) is 1.03. The summed E-state index contributed by atoms with van der Waals surface area (Å²) in [4.78, 5) is 26.2. The zero-order valence-corrected chi connectivity index (χ0v) is 15.1. The smallest absolute Gasteiger partial charge is 0.282 e. The number of quaternary nitrogens is 1. The number of aromatic hydroxyl groups is 1. The maximum absolute atomic E-state index is 12.5. The van der Waals surface area contributed by atoms with Gasteiger partial charge in [0.1, 0.15) is 5.75 Å². The van der Waals surface area contributed by atoms with Gasteiger partial charge in [0.25, 0.3) is 11.6 Å². The third kappa shape index (κ3) is 4.53. The Balaban J connectivity index is 1.53. The molecule has 3 rings (SSSR count). The Bertz CT molecular complexity index is 799. The van der Waals surface area contributed by atoms with Gasteiger partial charge < -0.3 is 20.2 Å². The molecule has 1 heterocycles. The number of nitro benzene ring substituents is 1. The van der Waals surface area contributed by atoms with Crippen molar-refractivity contribution in [3.63, 3.8) is 0 Å². The van der Waals surface area contributed by atoms with E-state index in [2.05, 4.69) is 10.2 Å². The highest BCUT2D eigenvalue weighted by molar-refractivity contribution is 5.93. The molecule has 1 fully saturated rings. The zero-order chi connectivity index (χ0) is 19.4. The Morgan fingerprint density at radius 2 is 1.74 bits per heavy atom. The van der Waals surface area contributed by atoms with Gasteiger partial charge >= 0.3 is 0 Å². The standard InChI is InChI=1S/C19H22N4O4/c1-14(19(25)20-15-2-4-17(5-3-15)23(26)27)21-10-12-22(13-11-21)16-6-8-18(24)9-7-16/h2-9,14,24H,10-13H2,1H3,(H,20,25)/p+1/t14-/m0/s1. The number of benzene rings is 2. The molecule has 0 spiro atoms. The summed E-state index contributed by atoms with van der Waals surface area (Å²) < 4.78 is 0. The molecule has 0 unspecified atom stereocenters. The highest BCUT2D eigenvalue weighted by Crippen LogP contribution is 2.18. The molecular weight excluding hydrogens is 348 g/mol. The van der Waals surface area contributed by atoms with E-state index in [9.17, 15) is 20.0 Å². The molecule has 1 aliphatic rings. The fraction of sp³-hybridized carbons (Fsp3) is 0.316. The summed E-state index contributed by atoms with van der Waals surface area (Å²) in [7, 11) is 0. The van der Waals surface area contributed by atoms with Crippen molar-refractivity contribution in [1.82, 2.24) is 0 Å². The molecule has 3 N–H and O–H groups in total. The Kier molecular flexibility index (Phi) is 5.56. The lowest BCUT2D eigenvalue weighted by Gasteiger charge is -2.36. The fourth-order valence-electron chi connectivity index (χ4n) is 3.25. The summed E-state index contributed by atoms with van der Waals surface area (Å²) in [5.41, 5.74) is 1.62. The zero-order valence-electron chi connectivity index (χ0n) is 15.1. The second-order valence-corrected chi connectivity index (χ2v) is 6.68. The van der Waals surface area contributed by atoms with Gasteiger partial charge in [-0.15, -0.1) is 0 Å². The van der Waals surface area contributed by atoms with Crippen molar-refractivity contribution >= 4 is 23.0 Å². The monoisotopic (exact) mass is 371 g/mol. The number of nitrogens with one attached hydrogen (secondary N) is 2. The van der Waals surface area contributed by atoms with Gasteiger partial charge in [-0.2, -0.15) is 0 Å². The minimum atomic E-state index is -0.466. The molecule has 1 amide bonds. The van der Waals surface area contributed by atoms with Crippen LogP contribution in [-0.4, -0.2) is 48.2 Å². The normalized spacial score (nSPS) is 16.0. The van der Waals surface area contributed by atoms with E-state index in [0.29, 0.717) is 5.69 Å². The average molecular weight is 371 g/mol. The highest BCUT2D eigenvalue weighted by atomic mass is 16.6. The molecule has 2 aromatic carbocycles. The van der Waals surface area contributed by atoms with Crippen LogP contribution in [0.5, 0.6) is 5.75 Å². The van der Waals surface area contributed by atoms with Crippen LogP contribution in [-0.2, 0) is 4.79 Å². The maximum Gasteiger partial charge on any atom is 0.282 e. The Labute approximate surface area is 157 Å². The lowest BCUT2D eigenvalue weighted by Crippen LogP contribution is -3.19. The number of rotatable bonds is 5. The molecule has 142 valence electrons. The SMILES string of the molecule is C[C@@H](C(=O)Nc1ccc([N+](=O)[O-])cc1)[NH+]1CCN(c2ccc(O)cc2)CC1. The molecule has 8 heteroatoms. The molecule has 0 radical (unpaired) electrons. The molecule has 1 atom stereocenters. The van der Waals surface area contributed by atoms with Crippen molar-refractivity contribution < 1.29 is 19.7 Å². The summed E-state index contributed by atoms with van der Waals surface area (Å²) in [5, 5.41) is 22.9. The number of phenolic OH excluding ortho intramolecular Hbond substituents is 1. The van der Waals surface area contributed by atoms with Gasteiger partial charge in [0.05, 0.1) is 31.1 Å². The average Bonchev–Trinajstić information content (AvgIpc) is 2.68. The van der Waals surface area contributed by atoms with Crippen LogP contribution >= 0.6 is 0 Å². The number of nitrogens with zero attached hydrogens (tertiary/aromatic N) is 2. The minimum Gasteiger partial charge on any atom is -0.508 e. The molecule has 0 aromatic heterocycles. The number of hydrogen-bond acceptors (Lipinski definition) is 5. The number of amides is 1. The van der Waals surface area contributed by atoms with Crippen molar-refractivity contribution in [2.45, 2.75) is 13.0 Å². The van der Waals surface area contributed by atoms with Gasteiger partial charge in [-0.25, -0.2) is 0 Å². The fourth-order valence-corrected chi connectivity index (χ4v) is 3.25. The number of anilines is 2. The topological polar surface area (TPSA) is 100 Å². The van der Waals surface area contributed by atoms with Crippen molar-refractivity contribution in [3.8, 4) is 5.75 Å².